The molecular formula is C14H20FNO. The van der Waals surface area contributed by atoms with E-state index in [4.69, 9.17) is 0 Å². The van der Waals surface area contributed by atoms with E-state index in [2.05, 4.69) is 4.90 Å². The molecule has 0 unspecified atom stereocenters. The highest BCUT2D eigenvalue weighted by molar-refractivity contribution is 5.16. The summed E-state index contributed by atoms with van der Waals surface area (Å²) in [6, 6.07) is 6.66. The molecule has 1 fully saturated rings. The first kappa shape index (κ1) is 12.5. The van der Waals surface area contributed by atoms with E-state index in [0.717, 1.165) is 44.5 Å². The Hall–Kier alpha value is -0.930. The molecule has 1 aliphatic heterocycles. The smallest absolute Gasteiger partial charge is 0.123 e. The number of aliphatic hydroxyl groups is 1. The van der Waals surface area contributed by atoms with E-state index in [1.807, 2.05) is 19.1 Å². The molecule has 1 saturated heterocycles. The van der Waals surface area contributed by atoms with Crippen molar-refractivity contribution in [1.29, 1.82) is 0 Å². The number of piperidine rings is 1. The van der Waals surface area contributed by atoms with Gasteiger partial charge < -0.3 is 5.11 Å². The third kappa shape index (κ3) is 3.27. The SMILES string of the molecule is CCC1(O)CCN(Cc2ccc(F)cc2)CC1. The molecule has 3 heteroatoms. The minimum absolute atomic E-state index is 0.187. The highest BCUT2D eigenvalue weighted by atomic mass is 19.1. The summed E-state index contributed by atoms with van der Waals surface area (Å²) in [7, 11) is 0. The van der Waals surface area contributed by atoms with Crippen LogP contribution in [-0.4, -0.2) is 28.7 Å². The molecule has 1 aliphatic rings. The zero-order valence-corrected chi connectivity index (χ0v) is 10.3. The summed E-state index contributed by atoms with van der Waals surface area (Å²) in [5, 5.41) is 10.1. The van der Waals surface area contributed by atoms with Crippen molar-refractivity contribution < 1.29 is 9.50 Å². The van der Waals surface area contributed by atoms with Crippen molar-refractivity contribution in [3.8, 4) is 0 Å². The molecular weight excluding hydrogens is 217 g/mol. The molecule has 0 spiro atoms. The van der Waals surface area contributed by atoms with Gasteiger partial charge in [0, 0.05) is 19.6 Å². The molecule has 1 N–H and O–H groups in total. The lowest BCUT2D eigenvalue weighted by atomic mass is 9.89. The van der Waals surface area contributed by atoms with Crippen LogP contribution in [0.2, 0.25) is 0 Å². The molecule has 1 heterocycles. The van der Waals surface area contributed by atoms with Gasteiger partial charge in [0.2, 0.25) is 0 Å². The maximum absolute atomic E-state index is 12.8. The molecule has 0 bridgehead atoms. The highest BCUT2D eigenvalue weighted by Gasteiger charge is 2.30. The molecule has 17 heavy (non-hydrogen) atoms. The number of hydrogen-bond acceptors (Lipinski definition) is 2. The number of halogens is 1. The molecule has 0 atom stereocenters. The van der Waals surface area contributed by atoms with Crippen molar-refractivity contribution in [2.45, 2.75) is 38.3 Å². The Morgan fingerprint density at radius 2 is 1.82 bits per heavy atom. The minimum atomic E-state index is -0.459. The fraction of sp³-hybridized carbons (Fsp3) is 0.571. The number of rotatable bonds is 3. The van der Waals surface area contributed by atoms with Crippen LogP contribution in [0.15, 0.2) is 24.3 Å². The number of nitrogens with zero attached hydrogens (tertiary/aromatic N) is 1. The highest BCUT2D eigenvalue weighted by Crippen LogP contribution is 2.25. The van der Waals surface area contributed by atoms with Crippen molar-refractivity contribution in [3.05, 3.63) is 35.6 Å². The maximum Gasteiger partial charge on any atom is 0.123 e. The van der Waals surface area contributed by atoms with Gasteiger partial charge in [-0.2, -0.15) is 0 Å². The number of hydrogen-bond donors (Lipinski definition) is 1. The number of benzene rings is 1. The summed E-state index contributed by atoms with van der Waals surface area (Å²) in [5.41, 5.74) is 0.674. The largest absolute Gasteiger partial charge is 0.390 e. The van der Waals surface area contributed by atoms with Crippen LogP contribution in [0.5, 0.6) is 0 Å². The lowest BCUT2D eigenvalue weighted by Gasteiger charge is -2.37. The topological polar surface area (TPSA) is 23.5 Å². The van der Waals surface area contributed by atoms with Crippen molar-refractivity contribution in [3.63, 3.8) is 0 Å². The van der Waals surface area contributed by atoms with Crippen LogP contribution in [-0.2, 0) is 6.54 Å². The molecule has 94 valence electrons. The zero-order chi connectivity index (χ0) is 12.3. The summed E-state index contributed by atoms with van der Waals surface area (Å²) in [4.78, 5) is 2.32. The second-order valence-electron chi connectivity index (χ2n) is 4.98. The molecule has 2 nitrogen and oxygen atoms in total. The van der Waals surface area contributed by atoms with Crippen LogP contribution in [0.1, 0.15) is 31.7 Å². The summed E-state index contributed by atoms with van der Waals surface area (Å²) >= 11 is 0. The first-order chi connectivity index (χ1) is 8.11. The van der Waals surface area contributed by atoms with Crippen LogP contribution in [0.25, 0.3) is 0 Å². The quantitative estimate of drug-likeness (QED) is 0.873. The summed E-state index contributed by atoms with van der Waals surface area (Å²) < 4.78 is 12.8. The zero-order valence-electron chi connectivity index (χ0n) is 10.3. The van der Waals surface area contributed by atoms with Gasteiger partial charge in [0.15, 0.2) is 0 Å². The van der Waals surface area contributed by atoms with E-state index in [1.54, 1.807) is 0 Å². The lowest BCUT2D eigenvalue weighted by molar-refractivity contribution is -0.0256. The molecule has 0 amide bonds. The van der Waals surface area contributed by atoms with Crippen LogP contribution in [0.4, 0.5) is 4.39 Å². The first-order valence-corrected chi connectivity index (χ1v) is 6.30. The van der Waals surface area contributed by atoms with Crippen LogP contribution < -0.4 is 0 Å². The average molecular weight is 237 g/mol. The Kier molecular flexibility index (Phi) is 3.79. The van der Waals surface area contributed by atoms with Crippen LogP contribution in [0, 0.1) is 5.82 Å². The summed E-state index contributed by atoms with van der Waals surface area (Å²) in [6.45, 7) is 4.72. The van der Waals surface area contributed by atoms with E-state index < -0.39 is 5.60 Å². The third-order valence-corrected chi connectivity index (χ3v) is 3.76. The van der Waals surface area contributed by atoms with Crippen molar-refractivity contribution >= 4 is 0 Å². The Labute approximate surface area is 102 Å². The van der Waals surface area contributed by atoms with Gasteiger partial charge in [-0.05, 0) is 37.0 Å². The maximum atomic E-state index is 12.8. The van der Waals surface area contributed by atoms with Gasteiger partial charge in [0.05, 0.1) is 5.60 Å². The van der Waals surface area contributed by atoms with Gasteiger partial charge in [-0.3, -0.25) is 4.90 Å². The van der Waals surface area contributed by atoms with Crippen molar-refractivity contribution in [1.82, 2.24) is 4.90 Å². The van der Waals surface area contributed by atoms with E-state index in [0.29, 0.717) is 0 Å². The van der Waals surface area contributed by atoms with Crippen LogP contribution in [0.3, 0.4) is 0 Å². The molecule has 1 aromatic rings. The molecule has 2 rings (SSSR count). The van der Waals surface area contributed by atoms with Gasteiger partial charge in [-0.15, -0.1) is 0 Å². The van der Waals surface area contributed by atoms with Gasteiger partial charge in [0.1, 0.15) is 5.82 Å². The lowest BCUT2D eigenvalue weighted by Crippen LogP contribution is -2.43. The molecule has 1 aromatic carbocycles. The Morgan fingerprint density at radius 3 is 2.35 bits per heavy atom. The van der Waals surface area contributed by atoms with Crippen molar-refractivity contribution in [2.75, 3.05) is 13.1 Å². The average Bonchev–Trinajstić information content (AvgIpc) is 2.35. The normalized spacial score (nSPS) is 20.4. The standard InChI is InChI=1S/C14H20FNO/c1-2-14(17)7-9-16(10-8-14)11-12-3-5-13(15)6-4-12/h3-6,17H,2,7-11H2,1H3. The van der Waals surface area contributed by atoms with Crippen molar-refractivity contribution in [2.24, 2.45) is 0 Å². The van der Waals surface area contributed by atoms with E-state index in [9.17, 15) is 9.50 Å². The van der Waals surface area contributed by atoms with E-state index in [-0.39, 0.29) is 5.82 Å². The number of likely N-dealkylation sites (tertiary alicyclic amines) is 1. The summed E-state index contributed by atoms with van der Waals surface area (Å²) in [6.07, 6.45) is 2.51. The van der Waals surface area contributed by atoms with Gasteiger partial charge >= 0.3 is 0 Å². The molecule has 0 aromatic heterocycles. The van der Waals surface area contributed by atoms with Gasteiger partial charge in [-0.1, -0.05) is 19.1 Å². The van der Waals surface area contributed by atoms with Gasteiger partial charge in [-0.25, -0.2) is 4.39 Å². The Balaban J connectivity index is 1.88. The van der Waals surface area contributed by atoms with Crippen LogP contribution >= 0.6 is 0 Å². The second kappa shape index (κ2) is 5.15. The molecule has 0 radical (unpaired) electrons. The Bertz CT molecular complexity index is 355. The first-order valence-electron chi connectivity index (χ1n) is 6.30. The fourth-order valence-electron chi connectivity index (χ4n) is 2.33. The minimum Gasteiger partial charge on any atom is -0.390 e. The summed E-state index contributed by atoms with van der Waals surface area (Å²) in [5.74, 6) is -0.187. The predicted molar refractivity (Wildman–Crippen MR) is 66.2 cm³/mol. The fourth-order valence-corrected chi connectivity index (χ4v) is 2.33. The Morgan fingerprint density at radius 1 is 1.24 bits per heavy atom. The molecule has 0 saturated carbocycles. The monoisotopic (exact) mass is 237 g/mol. The second-order valence-corrected chi connectivity index (χ2v) is 4.98. The van der Waals surface area contributed by atoms with E-state index >= 15 is 0 Å². The predicted octanol–water partition coefficient (Wildman–Crippen LogP) is 2.56. The van der Waals surface area contributed by atoms with Gasteiger partial charge in [0.25, 0.3) is 0 Å². The van der Waals surface area contributed by atoms with E-state index in [1.165, 1.54) is 12.1 Å². The third-order valence-electron chi connectivity index (χ3n) is 3.76. The molecule has 0 aliphatic carbocycles.